The lowest BCUT2D eigenvalue weighted by Gasteiger charge is -2.25. The van der Waals surface area contributed by atoms with Gasteiger partial charge < -0.3 is 5.32 Å². The van der Waals surface area contributed by atoms with E-state index >= 15 is 0 Å². The Hall–Kier alpha value is -2.41. The van der Waals surface area contributed by atoms with Crippen molar-refractivity contribution in [3.8, 4) is 0 Å². The summed E-state index contributed by atoms with van der Waals surface area (Å²) in [6, 6.07) is 3.52. The Morgan fingerprint density at radius 3 is 2.50 bits per heavy atom. The second-order valence-corrected chi connectivity index (χ2v) is 7.42. The van der Waals surface area contributed by atoms with Gasteiger partial charge in [-0.3, -0.25) is 24.0 Å². The van der Waals surface area contributed by atoms with E-state index in [0.29, 0.717) is 12.3 Å². The Morgan fingerprint density at radius 2 is 1.81 bits per heavy atom. The first kappa shape index (κ1) is 17.0. The first-order chi connectivity index (χ1) is 12.5. The highest BCUT2D eigenvalue weighted by Crippen LogP contribution is 2.33. The quantitative estimate of drug-likeness (QED) is 0.789. The van der Waals surface area contributed by atoms with E-state index in [1.807, 2.05) is 13.0 Å². The minimum absolute atomic E-state index is 0.199. The van der Waals surface area contributed by atoms with Crippen LogP contribution >= 0.6 is 0 Å². The first-order valence-electron chi connectivity index (χ1n) is 9.23. The van der Waals surface area contributed by atoms with Gasteiger partial charge in [0.05, 0.1) is 11.0 Å². The number of rotatable bonds is 2. The fourth-order valence-electron chi connectivity index (χ4n) is 4.37. The Balaban J connectivity index is 1.91. The molecule has 1 aromatic heterocycles. The van der Waals surface area contributed by atoms with Crippen molar-refractivity contribution in [1.29, 1.82) is 0 Å². The molecule has 2 aliphatic rings. The molecule has 2 N–H and O–H groups in total. The number of aryl methyl sites for hydroxylation is 2. The molecule has 0 spiro atoms. The van der Waals surface area contributed by atoms with Gasteiger partial charge in [0, 0.05) is 13.5 Å². The van der Waals surface area contributed by atoms with Crippen LogP contribution < -0.4 is 16.3 Å². The van der Waals surface area contributed by atoms with Gasteiger partial charge in [0.2, 0.25) is 11.8 Å². The lowest BCUT2D eigenvalue weighted by atomic mass is 9.88. The van der Waals surface area contributed by atoms with Gasteiger partial charge in [0.25, 0.3) is 0 Å². The van der Waals surface area contributed by atoms with Crippen LogP contribution in [-0.4, -0.2) is 34.0 Å². The molecule has 0 saturated carbocycles. The van der Waals surface area contributed by atoms with Crippen molar-refractivity contribution in [3.63, 3.8) is 0 Å². The number of hydrogen-bond donors (Lipinski definition) is 2. The Labute approximate surface area is 151 Å². The molecule has 2 fully saturated rings. The van der Waals surface area contributed by atoms with E-state index in [1.54, 1.807) is 16.2 Å². The second kappa shape index (κ2) is 6.39. The summed E-state index contributed by atoms with van der Waals surface area (Å²) in [6.07, 6.45) is 2.69. The second-order valence-electron chi connectivity index (χ2n) is 7.42. The molecule has 0 radical (unpaired) electrons. The van der Waals surface area contributed by atoms with Gasteiger partial charge >= 0.3 is 5.69 Å². The fourth-order valence-corrected chi connectivity index (χ4v) is 4.37. The Kier molecular flexibility index (Phi) is 4.19. The summed E-state index contributed by atoms with van der Waals surface area (Å²) in [7, 11) is 1.77. The van der Waals surface area contributed by atoms with Crippen LogP contribution in [0.15, 0.2) is 16.9 Å². The number of piperidine rings is 2. The maximum absolute atomic E-state index is 13.0. The minimum Gasteiger partial charge on any atom is -0.317 e. The van der Waals surface area contributed by atoms with E-state index < -0.39 is 6.04 Å². The number of carbonyl (C=O) groups is 2. The molecule has 2 aromatic rings. The van der Waals surface area contributed by atoms with Gasteiger partial charge in [0.15, 0.2) is 0 Å². The number of imidazole rings is 1. The van der Waals surface area contributed by atoms with Gasteiger partial charge in [-0.05, 0) is 62.4 Å². The molecule has 1 unspecified atom stereocenters. The molecule has 2 amide bonds. The molecular weight excluding hydrogens is 332 g/mol. The number of aromatic nitrogens is 2. The summed E-state index contributed by atoms with van der Waals surface area (Å²) in [5, 5.41) is 5.75. The van der Waals surface area contributed by atoms with E-state index in [9.17, 15) is 14.4 Å². The zero-order valence-corrected chi connectivity index (χ0v) is 15.2. The first-order valence-corrected chi connectivity index (χ1v) is 9.23. The normalized spacial score (nSPS) is 22.0. The number of fused-ring (bicyclic) bond motifs is 1. The van der Waals surface area contributed by atoms with Crippen LogP contribution in [0.5, 0.6) is 0 Å². The summed E-state index contributed by atoms with van der Waals surface area (Å²) in [6.45, 7) is 3.97. The maximum atomic E-state index is 13.0. The van der Waals surface area contributed by atoms with Crippen LogP contribution in [0, 0.1) is 6.92 Å². The molecule has 1 atom stereocenters. The van der Waals surface area contributed by atoms with Gasteiger partial charge in [-0.25, -0.2) is 4.79 Å². The highest BCUT2D eigenvalue weighted by molar-refractivity contribution is 6.00. The third kappa shape index (κ3) is 2.67. The summed E-state index contributed by atoms with van der Waals surface area (Å²) in [5.41, 5.74) is 3.78. The van der Waals surface area contributed by atoms with Crippen LogP contribution in [-0.2, 0) is 16.6 Å². The highest BCUT2D eigenvalue weighted by atomic mass is 16.2. The van der Waals surface area contributed by atoms with Crippen LogP contribution in [0.3, 0.4) is 0 Å². The van der Waals surface area contributed by atoms with Crippen molar-refractivity contribution in [2.24, 2.45) is 7.05 Å². The number of carbonyl (C=O) groups excluding carboxylic acids is 2. The zero-order valence-electron chi connectivity index (χ0n) is 15.2. The molecule has 2 saturated heterocycles. The molecule has 3 heterocycles. The van der Waals surface area contributed by atoms with Gasteiger partial charge in [-0.15, -0.1) is 0 Å². The van der Waals surface area contributed by atoms with E-state index in [2.05, 4.69) is 16.7 Å². The molecule has 138 valence electrons. The average Bonchev–Trinajstić information content (AvgIpc) is 2.86. The smallest absolute Gasteiger partial charge is 0.317 e. The van der Waals surface area contributed by atoms with Crippen molar-refractivity contribution in [1.82, 2.24) is 19.8 Å². The summed E-state index contributed by atoms with van der Waals surface area (Å²) in [5.74, 6) is -0.256. The van der Waals surface area contributed by atoms with Crippen molar-refractivity contribution >= 4 is 22.8 Å². The van der Waals surface area contributed by atoms with E-state index in [4.69, 9.17) is 0 Å². The van der Waals surface area contributed by atoms with Crippen molar-refractivity contribution < 1.29 is 9.59 Å². The molecular formula is C19H24N4O3. The number of nitrogens with zero attached hydrogens (tertiary/aromatic N) is 2. The largest absolute Gasteiger partial charge is 0.329 e. The summed E-state index contributed by atoms with van der Waals surface area (Å²) < 4.78 is 3.24. The monoisotopic (exact) mass is 356 g/mol. The van der Waals surface area contributed by atoms with E-state index in [1.165, 1.54) is 5.56 Å². The van der Waals surface area contributed by atoms with Gasteiger partial charge in [0.1, 0.15) is 6.04 Å². The molecule has 4 rings (SSSR count). The zero-order chi connectivity index (χ0) is 18.4. The Bertz CT molecular complexity index is 950. The molecule has 2 aliphatic heterocycles. The minimum atomic E-state index is -0.633. The van der Waals surface area contributed by atoms with Crippen molar-refractivity contribution in [3.05, 3.63) is 33.7 Å². The standard InChI is InChI=1S/C19H24N4O3/c1-11-9-13(12-5-7-20-8-6-12)17-15(10-11)23(19(26)22(17)2)14-3-4-16(24)21-18(14)25/h9-10,12,14,20H,3-8H2,1-2H3,(H,21,24,25). The topological polar surface area (TPSA) is 85.1 Å². The number of imide groups is 1. The van der Waals surface area contributed by atoms with Crippen molar-refractivity contribution in [2.45, 2.75) is 44.6 Å². The predicted molar refractivity (Wildman–Crippen MR) is 98.2 cm³/mol. The van der Waals surface area contributed by atoms with E-state index in [-0.39, 0.29) is 23.9 Å². The summed E-state index contributed by atoms with van der Waals surface area (Å²) >= 11 is 0. The van der Waals surface area contributed by atoms with E-state index in [0.717, 1.165) is 42.5 Å². The van der Waals surface area contributed by atoms with Crippen LogP contribution in [0.2, 0.25) is 0 Å². The Morgan fingerprint density at radius 1 is 1.08 bits per heavy atom. The van der Waals surface area contributed by atoms with Gasteiger partial charge in [-0.1, -0.05) is 6.07 Å². The maximum Gasteiger partial charge on any atom is 0.329 e. The van der Waals surface area contributed by atoms with Crippen LogP contribution in [0.25, 0.3) is 11.0 Å². The van der Waals surface area contributed by atoms with Crippen LogP contribution in [0.4, 0.5) is 0 Å². The fraction of sp³-hybridized carbons (Fsp3) is 0.526. The number of benzene rings is 1. The third-order valence-corrected chi connectivity index (χ3v) is 5.65. The van der Waals surface area contributed by atoms with Crippen molar-refractivity contribution in [2.75, 3.05) is 13.1 Å². The average molecular weight is 356 g/mol. The third-order valence-electron chi connectivity index (χ3n) is 5.65. The number of hydrogen-bond acceptors (Lipinski definition) is 4. The lowest BCUT2D eigenvalue weighted by Crippen LogP contribution is -2.44. The van der Waals surface area contributed by atoms with Crippen LogP contribution in [0.1, 0.15) is 48.8 Å². The number of amides is 2. The predicted octanol–water partition coefficient (Wildman–Crippen LogP) is 1.09. The molecule has 7 nitrogen and oxygen atoms in total. The van der Waals surface area contributed by atoms with Gasteiger partial charge in [-0.2, -0.15) is 0 Å². The molecule has 0 aliphatic carbocycles. The SMILES string of the molecule is Cc1cc(C2CCNCC2)c2c(c1)n(C1CCC(=O)NC1=O)c(=O)n2C. The lowest BCUT2D eigenvalue weighted by molar-refractivity contribution is -0.135. The molecule has 0 bridgehead atoms. The highest BCUT2D eigenvalue weighted by Gasteiger charge is 2.32. The number of nitrogens with one attached hydrogen (secondary N) is 2. The molecule has 1 aromatic carbocycles. The molecule has 26 heavy (non-hydrogen) atoms. The summed E-state index contributed by atoms with van der Waals surface area (Å²) in [4.78, 5) is 36.9. The molecule has 7 heteroatoms.